The van der Waals surface area contributed by atoms with Crippen molar-refractivity contribution >= 4 is 29.6 Å². The molecule has 1 aliphatic heterocycles. The third-order valence-corrected chi connectivity index (χ3v) is 2.76. The molecule has 0 saturated heterocycles. The van der Waals surface area contributed by atoms with Crippen molar-refractivity contribution in [3.8, 4) is 0 Å². The zero-order valence-corrected chi connectivity index (χ0v) is 8.12. The normalized spacial score (nSPS) is 13.6. The van der Waals surface area contributed by atoms with Crippen molar-refractivity contribution in [2.45, 2.75) is 6.92 Å². The molecule has 0 bridgehead atoms. The van der Waals surface area contributed by atoms with E-state index in [-0.39, 0.29) is 0 Å². The summed E-state index contributed by atoms with van der Waals surface area (Å²) in [5.74, 6) is 0. The number of rotatable bonds is 0. The van der Waals surface area contributed by atoms with Gasteiger partial charge >= 0.3 is 0 Å². The van der Waals surface area contributed by atoms with Crippen molar-refractivity contribution in [2.24, 2.45) is 0 Å². The smallest absolute Gasteiger partial charge is 0.105 e. The molecule has 0 unspecified atom stereocenters. The van der Waals surface area contributed by atoms with Gasteiger partial charge in [-0.1, -0.05) is 54.9 Å². The van der Waals surface area contributed by atoms with Crippen molar-refractivity contribution < 1.29 is 0 Å². The molecule has 2 aromatic rings. The highest BCUT2D eigenvalue weighted by Gasteiger charge is 2.12. The highest BCUT2D eigenvalue weighted by molar-refractivity contribution is 6.65. The number of fused-ring (bicyclic) bond motifs is 3. The van der Waals surface area contributed by atoms with E-state index in [0.717, 1.165) is 0 Å². The third kappa shape index (κ3) is 1.02. The minimum Gasteiger partial charge on any atom is -0.105 e. The fourth-order valence-electron chi connectivity index (χ4n) is 2.11. The van der Waals surface area contributed by atoms with Gasteiger partial charge in [-0.15, -0.1) is 5.47 Å². The van der Waals surface area contributed by atoms with E-state index in [0.29, 0.717) is 0 Å². The van der Waals surface area contributed by atoms with E-state index < -0.39 is 0 Å². The standard InChI is InChI=1S/C13H10B/c1-9-8-12-11-5-3-2-4-10(11)6-7-13(12)14-9/h2-8H,1H3. The van der Waals surface area contributed by atoms with E-state index in [2.05, 4.69) is 56.7 Å². The first-order valence-corrected chi connectivity index (χ1v) is 4.89. The quantitative estimate of drug-likeness (QED) is 0.542. The predicted octanol–water partition coefficient (Wildman–Crippen LogP) is 2.54. The Labute approximate surface area is 84.5 Å². The van der Waals surface area contributed by atoms with Crippen LogP contribution >= 0.6 is 0 Å². The molecule has 0 N–H and O–H groups in total. The van der Waals surface area contributed by atoms with Crippen LogP contribution in [0.25, 0.3) is 16.8 Å². The molecule has 1 heteroatoms. The second kappa shape index (κ2) is 2.75. The summed E-state index contributed by atoms with van der Waals surface area (Å²) in [6, 6.07) is 12.9. The Hall–Kier alpha value is -1.50. The van der Waals surface area contributed by atoms with Gasteiger partial charge in [0.1, 0.15) is 0 Å². The molecule has 0 fully saturated rings. The zero-order valence-electron chi connectivity index (χ0n) is 8.12. The topological polar surface area (TPSA) is 0 Å². The first-order chi connectivity index (χ1) is 6.84. The number of allylic oxidation sites excluding steroid dienone is 1. The molecule has 1 heterocycles. The highest BCUT2D eigenvalue weighted by atomic mass is 14.1. The van der Waals surface area contributed by atoms with Gasteiger partial charge in [0.15, 0.2) is 7.28 Å². The highest BCUT2D eigenvalue weighted by Crippen LogP contribution is 2.22. The van der Waals surface area contributed by atoms with Gasteiger partial charge < -0.3 is 0 Å². The molecule has 0 saturated carbocycles. The molecular weight excluding hydrogens is 167 g/mol. The Morgan fingerprint density at radius 3 is 2.79 bits per heavy atom. The van der Waals surface area contributed by atoms with Gasteiger partial charge in [0.25, 0.3) is 0 Å². The van der Waals surface area contributed by atoms with Crippen LogP contribution in [0.3, 0.4) is 0 Å². The van der Waals surface area contributed by atoms with Crippen LogP contribution in [0.2, 0.25) is 0 Å². The maximum absolute atomic E-state index is 2.26. The molecule has 0 spiro atoms. The summed E-state index contributed by atoms with van der Waals surface area (Å²) in [7, 11) is 2.24. The molecule has 1 radical (unpaired) electrons. The summed E-state index contributed by atoms with van der Waals surface area (Å²) < 4.78 is 0. The molecule has 14 heavy (non-hydrogen) atoms. The molecule has 0 amide bonds. The molecular formula is C13H10B. The molecule has 3 rings (SSSR count). The Kier molecular flexibility index (Phi) is 1.54. The fraction of sp³-hybridized carbons (Fsp3) is 0.0769. The van der Waals surface area contributed by atoms with Crippen LogP contribution in [0.1, 0.15) is 12.5 Å². The van der Waals surface area contributed by atoms with Crippen molar-refractivity contribution in [3.63, 3.8) is 0 Å². The summed E-state index contributed by atoms with van der Waals surface area (Å²) in [4.78, 5) is 0. The van der Waals surface area contributed by atoms with E-state index in [1.807, 2.05) is 0 Å². The van der Waals surface area contributed by atoms with E-state index >= 15 is 0 Å². The number of hydrogen-bond donors (Lipinski definition) is 0. The van der Waals surface area contributed by atoms with Crippen LogP contribution in [-0.2, 0) is 0 Å². The van der Waals surface area contributed by atoms with Gasteiger partial charge in [0, 0.05) is 0 Å². The van der Waals surface area contributed by atoms with Crippen LogP contribution in [0.4, 0.5) is 0 Å². The largest absolute Gasteiger partial charge is 0.186 e. The van der Waals surface area contributed by atoms with Gasteiger partial charge in [-0.25, -0.2) is 0 Å². The Morgan fingerprint density at radius 1 is 1.00 bits per heavy atom. The lowest BCUT2D eigenvalue weighted by Crippen LogP contribution is -2.12. The van der Waals surface area contributed by atoms with Gasteiger partial charge in [-0.2, -0.15) is 0 Å². The predicted molar refractivity (Wildman–Crippen MR) is 63.0 cm³/mol. The molecule has 0 nitrogen and oxygen atoms in total. The summed E-state index contributed by atoms with van der Waals surface area (Å²) >= 11 is 0. The zero-order chi connectivity index (χ0) is 9.54. The van der Waals surface area contributed by atoms with Crippen LogP contribution in [0.15, 0.2) is 41.9 Å². The average Bonchev–Trinajstić information content (AvgIpc) is 2.59. The first kappa shape index (κ1) is 7.87. The maximum atomic E-state index is 2.26. The van der Waals surface area contributed by atoms with E-state index in [1.54, 1.807) is 0 Å². The molecule has 0 aromatic heterocycles. The van der Waals surface area contributed by atoms with Crippen molar-refractivity contribution in [1.82, 2.24) is 0 Å². The van der Waals surface area contributed by atoms with E-state index in [9.17, 15) is 0 Å². The lowest BCUT2D eigenvalue weighted by molar-refractivity contribution is 1.72. The average molecular weight is 177 g/mol. The summed E-state index contributed by atoms with van der Waals surface area (Å²) in [5, 5.41) is 2.68. The fourth-order valence-corrected chi connectivity index (χ4v) is 2.11. The third-order valence-electron chi connectivity index (χ3n) is 2.76. The number of benzene rings is 2. The van der Waals surface area contributed by atoms with E-state index in [1.165, 1.54) is 27.3 Å². The Balaban J connectivity index is 2.42. The van der Waals surface area contributed by atoms with Gasteiger partial charge in [-0.05, 0) is 16.3 Å². The second-order valence-electron chi connectivity index (χ2n) is 3.82. The minimum absolute atomic E-state index is 1.32. The van der Waals surface area contributed by atoms with Crippen LogP contribution in [0.5, 0.6) is 0 Å². The van der Waals surface area contributed by atoms with Crippen LogP contribution in [0, 0.1) is 0 Å². The Bertz CT molecular complexity index is 538. The molecule has 65 valence electrons. The number of hydrogen-bond acceptors (Lipinski definition) is 0. The first-order valence-electron chi connectivity index (χ1n) is 4.89. The van der Waals surface area contributed by atoms with Gasteiger partial charge in [-0.3, -0.25) is 0 Å². The van der Waals surface area contributed by atoms with Gasteiger partial charge in [0.05, 0.1) is 0 Å². The summed E-state index contributed by atoms with van der Waals surface area (Å²) in [6.07, 6.45) is 2.26. The van der Waals surface area contributed by atoms with Crippen LogP contribution < -0.4 is 5.46 Å². The monoisotopic (exact) mass is 177 g/mol. The molecule has 0 atom stereocenters. The maximum Gasteiger partial charge on any atom is 0.186 e. The van der Waals surface area contributed by atoms with Crippen molar-refractivity contribution in [3.05, 3.63) is 47.4 Å². The summed E-state index contributed by atoms with van der Waals surface area (Å²) in [6.45, 7) is 2.15. The lowest BCUT2D eigenvalue weighted by atomic mass is 9.67. The Morgan fingerprint density at radius 2 is 1.86 bits per heavy atom. The molecule has 0 aliphatic carbocycles. The molecule has 1 aliphatic rings. The lowest BCUT2D eigenvalue weighted by Gasteiger charge is -2.03. The SMILES string of the molecule is CC1=Cc2c(ccc3ccccc23)[B]1. The minimum atomic E-state index is 1.32. The van der Waals surface area contributed by atoms with Crippen molar-refractivity contribution in [2.75, 3.05) is 0 Å². The second-order valence-corrected chi connectivity index (χ2v) is 3.82. The van der Waals surface area contributed by atoms with Gasteiger partial charge in [0.2, 0.25) is 0 Å². The van der Waals surface area contributed by atoms with Crippen molar-refractivity contribution in [1.29, 1.82) is 0 Å². The molecule has 2 aromatic carbocycles. The van der Waals surface area contributed by atoms with Crippen LogP contribution in [-0.4, -0.2) is 7.28 Å². The summed E-state index contributed by atoms with van der Waals surface area (Å²) in [5.41, 5.74) is 4.07. The van der Waals surface area contributed by atoms with E-state index in [4.69, 9.17) is 0 Å².